The molecule has 1 aromatic rings. The third-order valence-electron chi connectivity index (χ3n) is 4.17. The minimum absolute atomic E-state index is 0.726. The molecule has 0 fully saturated rings. The average molecular weight is 231 g/mol. The highest BCUT2D eigenvalue weighted by Crippen LogP contribution is 2.43. The number of hydrogen-bond acceptors (Lipinski definition) is 2. The Bertz CT molecular complexity index is 481. The molecule has 17 heavy (non-hydrogen) atoms. The van der Waals surface area contributed by atoms with Crippen LogP contribution < -0.4 is 5.73 Å². The molecule has 1 aromatic carbocycles. The Hall–Kier alpha value is -1.35. The van der Waals surface area contributed by atoms with Crippen LogP contribution in [0.15, 0.2) is 12.1 Å². The second kappa shape index (κ2) is 3.84. The molecule has 0 spiro atoms. The van der Waals surface area contributed by atoms with Gasteiger partial charge >= 0.3 is 5.97 Å². The van der Waals surface area contributed by atoms with Gasteiger partial charge in [-0.05, 0) is 60.3 Å². The van der Waals surface area contributed by atoms with E-state index in [1.807, 2.05) is 12.1 Å². The molecule has 3 rings (SSSR count). The van der Waals surface area contributed by atoms with E-state index < -0.39 is 12.0 Å². The molecule has 3 N–H and O–H groups in total. The van der Waals surface area contributed by atoms with E-state index >= 15 is 0 Å². The van der Waals surface area contributed by atoms with Gasteiger partial charge in [0, 0.05) is 0 Å². The number of hydrogen-bond donors (Lipinski definition) is 2. The van der Waals surface area contributed by atoms with E-state index in [1.165, 1.54) is 36.0 Å². The fourth-order valence-corrected chi connectivity index (χ4v) is 3.37. The van der Waals surface area contributed by atoms with E-state index in [1.54, 1.807) is 0 Å². The number of aliphatic carboxylic acids is 1. The number of carboxylic acids is 1. The molecule has 3 heteroatoms. The molecule has 2 atom stereocenters. The molecule has 0 bridgehead atoms. The molecule has 2 unspecified atom stereocenters. The number of aryl methyl sites for hydroxylation is 2. The van der Waals surface area contributed by atoms with E-state index in [2.05, 4.69) is 0 Å². The lowest BCUT2D eigenvalue weighted by Gasteiger charge is -2.23. The molecule has 0 heterocycles. The maximum atomic E-state index is 11.0. The van der Waals surface area contributed by atoms with Crippen molar-refractivity contribution in [2.45, 2.75) is 44.1 Å². The summed E-state index contributed by atoms with van der Waals surface area (Å²) < 4.78 is 0. The van der Waals surface area contributed by atoms with Crippen LogP contribution in [0, 0.1) is 0 Å². The Labute approximate surface area is 101 Å². The van der Waals surface area contributed by atoms with E-state index in [-0.39, 0.29) is 0 Å². The monoisotopic (exact) mass is 231 g/mol. The van der Waals surface area contributed by atoms with Crippen molar-refractivity contribution in [2.24, 2.45) is 5.73 Å². The van der Waals surface area contributed by atoms with Crippen LogP contribution in [0.2, 0.25) is 0 Å². The summed E-state index contributed by atoms with van der Waals surface area (Å²) in [6.07, 6.45) is 5.92. The van der Waals surface area contributed by atoms with Crippen LogP contribution in [0.3, 0.4) is 0 Å². The lowest BCUT2D eigenvalue weighted by Crippen LogP contribution is -2.21. The Morgan fingerprint density at radius 1 is 1.29 bits per heavy atom. The summed E-state index contributed by atoms with van der Waals surface area (Å²) in [5, 5.41) is 8.99. The zero-order valence-electron chi connectivity index (χ0n) is 9.78. The molecule has 2 aliphatic carbocycles. The van der Waals surface area contributed by atoms with Crippen LogP contribution in [-0.4, -0.2) is 11.1 Å². The van der Waals surface area contributed by atoms with E-state index in [4.69, 9.17) is 10.8 Å². The first-order valence-electron chi connectivity index (χ1n) is 6.31. The molecule has 3 nitrogen and oxygen atoms in total. The Kier molecular flexibility index (Phi) is 2.44. The maximum absolute atomic E-state index is 11.0. The zero-order chi connectivity index (χ0) is 12.0. The maximum Gasteiger partial charge on any atom is 0.325 e. The molecular formula is C14H17NO2. The summed E-state index contributed by atoms with van der Waals surface area (Å²) >= 11 is 0. The van der Waals surface area contributed by atoms with Crippen molar-refractivity contribution in [3.8, 4) is 0 Å². The second-order valence-corrected chi connectivity index (χ2v) is 5.20. The average Bonchev–Trinajstić information content (AvgIpc) is 2.73. The Morgan fingerprint density at radius 3 is 2.71 bits per heavy atom. The van der Waals surface area contributed by atoms with Crippen molar-refractivity contribution in [3.63, 3.8) is 0 Å². The summed E-state index contributed by atoms with van der Waals surface area (Å²) in [5.41, 5.74) is 10.7. The minimum Gasteiger partial charge on any atom is -0.480 e. The lowest BCUT2D eigenvalue weighted by molar-refractivity contribution is -0.138. The molecular weight excluding hydrogens is 214 g/mol. The second-order valence-electron chi connectivity index (χ2n) is 5.20. The first kappa shape index (κ1) is 10.8. The summed E-state index contributed by atoms with van der Waals surface area (Å²) in [7, 11) is 0. The third-order valence-corrected chi connectivity index (χ3v) is 4.17. The van der Waals surface area contributed by atoms with Crippen molar-refractivity contribution < 1.29 is 9.90 Å². The van der Waals surface area contributed by atoms with Crippen LogP contribution in [0.1, 0.15) is 53.5 Å². The highest BCUT2D eigenvalue weighted by atomic mass is 16.4. The van der Waals surface area contributed by atoms with Gasteiger partial charge in [0.1, 0.15) is 6.04 Å². The van der Waals surface area contributed by atoms with Gasteiger partial charge < -0.3 is 10.8 Å². The summed E-state index contributed by atoms with van der Waals surface area (Å²) in [5.74, 6) is -0.216. The molecule has 0 amide bonds. The Balaban J connectivity index is 2.08. The van der Waals surface area contributed by atoms with Crippen LogP contribution in [0.4, 0.5) is 0 Å². The number of benzene rings is 1. The van der Waals surface area contributed by atoms with Crippen molar-refractivity contribution in [2.75, 3.05) is 0 Å². The molecule has 90 valence electrons. The predicted molar refractivity (Wildman–Crippen MR) is 65.0 cm³/mol. The normalized spacial score (nSPS) is 23.2. The standard InChI is InChI=1S/C14H17NO2/c15-13(14(16)17)11-6-9-3-1-2-8-4-5-10(7-11)12(8)9/h6-8,13H,1-5,15H2,(H,16,17). The quantitative estimate of drug-likeness (QED) is 0.819. The fourth-order valence-electron chi connectivity index (χ4n) is 3.37. The minimum atomic E-state index is -0.942. The molecule has 0 aromatic heterocycles. The molecule has 0 saturated heterocycles. The first-order chi connectivity index (χ1) is 8.16. The number of carboxylic acid groups (broad SMARTS) is 1. The van der Waals surface area contributed by atoms with Gasteiger partial charge in [-0.25, -0.2) is 0 Å². The summed E-state index contributed by atoms with van der Waals surface area (Å²) in [6, 6.07) is 3.16. The molecule has 0 radical (unpaired) electrons. The summed E-state index contributed by atoms with van der Waals surface area (Å²) in [6.45, 7) is 0. The van der Waals surface area contributed by atoms with E-state index in [0.717, 1.165) is 24.3 Å². The van der Waals surface area contributed by atoms with Gasteiger partial charge in [-0.1, -0.05) is 12.1 Å². The lowest BCUT2D eigenvalue weighted by atomic mass is 9.82. The fraction of sp³-hybridized carbons (Fsp3) is 0.500. The molecule has 2 aliphatic rings. The highest BCUT2D eigenvalue weighted by molar-refractivity contribution is 5.75. The van der Waals surface area contributed by atoms with Crippen LogP contribution >= 0.6 is 0 Å². The van der Waals surface area contributed by atoms with Gasteiger partial charge in [0.15, 0.2) is 0 Å². The number of carbonyl (C=O) groups is 1. The smallest absolute Gasteiger partial charge is 0.325 e. The largest absolute Gasteiger partial charge is 0.480 e. The van der Waals surface area contributed by atoms with Gasteiger partial charge in [0.2, 0.25) is 0 Å². The zero-order valence-corrected chi connectivity index (χ0v) is 9.78. The predicted octanol–water partition coefficient (Wildman–Crippen LogP) is 2.14. The SMILES string of the molecule is NC(C(=O)O)c1cc2c3c(c1)CCC3CCC2. The molecule has 0 saturated carbocycles. The van der Waals surface area contributed by atoms with Gasteiger partial charge in [-0.15, -0.1) is 0 Å². The van der Waals surface area contributed by atoms with Gasteiger partial charge in [0.25, 0.3) is 0 Å². The number of rotatable bonds is 2. The third kappa shape index (κ3) is 1.65. The van der Waals surface area contributed by atoms with Gasteiger partial charge in [0.05, 0.1) is 0 Å². The van der Waals surface area contributed by atoms with Crippen LogP contribution in [-0.2, 0) is 17.6 Å². The van der Waals surface area contributed by atoms with Gasteiger partial charge in [-0.3, -0.25) is 4.79 Å². The molecule has 0 aliphatic heterocycles. The van der Waals surface area contributed by atoms with Crippen LogP contribution in [0.25, 0.3) is 0 Å². The highest BCUT2D eigenvalue weighted by Gasteiger charge is 2.29. The topological polar surface area (TPSA) is 63.3 Å². The number of nitrogens with two attached hydrogens (primary N) is 1. The van der Waals surface area contributed by atoms with Crippen LogP contribution in [0.5, 0.6) is 0 Å². The Morgan fingerprint density at radius 2 is 2.00 bits per heavy atom. The van der Waals surface area contributed by atoms with E-state index in [0.29, 0.717) is 0 Å². The summed E-state index contributed by atoms with van der Waals surface area (Å²) in [4.78, 5) is 11.0. The van der Waals surface area contributed by atoms with Crippen molar-refractivity contribution in [3.05, 3.63) is 34.4 Å². The first-order valence-corrected chi connectivity index (χ1v) is 6.31. The van der Waals surface area contributed by atoms with E-state index in [9.17, 15) is 4.79 Å². The van der Waals surface area contributed by atoms with Gasteiger partial charge in [-0.2, -0.15) is 0 Å². The van der Waals surface area contributed by atoms with Crippen molar-refractivity contribution in [1.29, 1.82) is 0 Å². The van der Waals surface area contributed by atoms with Crippen molar-refractivity contribution >= 4 is 5.97 Å². The van der Waals surface area contributed by atoms with Crippen molar-refractivity contribution in [1.82, 2.24) is 0 Å².